The normalized spacial score (nSPS) is 26.8. The second kappa shape index (κ2) is 10.8. The molecule has 0 bridgehead atoms. The lowest BCUT2D eigenvalue weighted by Gasteiger charge is -2.49. The van der Waals surface area contributed by atoms with E-state index in [-0.39, 0.29) is 6.61 Å². The molecule has 0 N–H and O–H groups in total. The number of carbonyl (C=O) groups excluding carboxylic acids is 2. The van der Waals surface area contributed by atoms with Gasteiger partial charge in [0, 0.05) is 7.11 Å². The molecule has 0 aliphatic carbocycles. The van der Waals surface area contributed by atoms with E-state index in [1.165, 1.54) is 7.11 Å². The van der Waals surface area contributed by atoms with E-state index >= 15 is 0 Å². The predicted molar refractivity (Wildman–Crippen MR) is 132 cm³/mol. The average molecular weight is 495 g/mol. The highest BCUT2D eigenvalue weighted by Gasteiger charge is 2.55. The Balaban J connectivity index is 1.63. The van der Waals surface area contributed by atoms with Crippen LogP contribution < -0.4 is 0 Å². The van der Waals surface area contributed by atoms with Crippen molar-refractivity contribution >= 4 is 24.1 Å². The van der Waals surface area contributed by atoms with Crippen molar-refractivity contribution in [2.24, 2.45) is 0 Å². The maximum Gasteiger partial charge on any atom is 0.338 e. The number of fused-ring (bicyclic) bond motifs is 1. The van der Waals surface area contributed by atoms with Crippen molar-refractivity contribution in [1.29, 1.82) is 0 Å². The van der Waals surface area contributed by atoms with Gasteiger partial charge in [0.05, 0.1) is 17.7 Å². The van der Waals surface area contributed by atoms with Crippen LogP contribution in [0.5, 0.6) is 0 Å². The molecule has 0 amide bonds. The Morgan fingerprint density at radius 1 is 0.889 bits per heavy atom. The summed E-state index contributed by atoms with van der Waals surface area (Å²) in [6.07, 6.45) is -1.17. The summed E-state index contributed by atoms with van der Waals surface area (Å²) in [5, 5.41) is 0. The van der Waals surface area contributed by atoms with Crippen LogP contribution >= 0.6 is 0 Å². The molecule has 2 heterocycles. The molecule has 2 aromatic rings. The molecule has 0 aromatic heterocycles. The minimum absolute atomic E-state index is 0.184. The van der Waals surface area contributed by atoms with E-state index in [1.807, 2.05) is 0 Å². The highest BCUT2D eigenvalue weighted by atomic mass is 16.8. The fourth-order valence-electron chi connectivity index (χ4n) is 4.14. The largest absolute Gasteiger partial charge is 0.452 e. The molecule has 2 aromatic carbocycles. The molecule has 2 aliphatic heterocycles. The van der Waals surface area contributed by atoms with Crippen molar-refractivity contribution in [2.75, 3.05) is 13.7 Å². The van der Waals surface area contributed by atoms with Gasteiger partial charge in [-0.3, -0.25) is 0 Å². The summed E-state index contributed by atoms with van der Waals surface area (Å²) in [6.45, 7) is 11.1. The zero-order valence-corrected chi connectivity index (χ0v) is 20.5. The lowest BCUT2D eigenvalue weighted by molar-refractivity contribution is -0.378. The smallest absolute Gasteiger partial charge is 0.338 e. The Labute approximate surface area is 210 Å². The summed E-state index contributed by atoms with van der Waals surface area (Å²) in [5.74, 6) is -2.19. The van der Waals surface area contributed by atoms with Crippen LogP contribution in [0.2, 0.25) is 0 Å². The maximum absolute atomic E-state index is 13.1. The number of methoxy groups -OCH3 is 1. The van der Waals surface area contributed by atoms with E-state index in [4.69, 9.17) is 28.4 Å². The summed E-state index contributed by atoms with van der Waals surface area (Å²) in [6, 6.07) is 13.5. The van der Waals surface area contributed by atoms with Gasteiger partial charge in [0.2, 0.25) is 0 Å². The van der Waals surface area contributed by atoms with Crippen LogP contribution in [0.4, 0.5) is 0 Å². The first-order valence-corrected chi connectivity index (χ1v) is 11.6. The van der Waals surface area contributed by atoms with Crippen molar-refractivity contribution < 1.29 is 38.0 Å². The Bertz CT molecular complexity index is 1110. The summed E-state index contributed by atoms with van der Waals surface area (Å²) < 4.78 is 35.1. The topological polar surface area (TPSA) is 89.5 Å². The van der Waals surface area contributed by atoms with Crippen molar-refractivity contribution in [3.05, 3.63) is 83.9 Å². The summed E-state index contributed by atoms with van der Waals surface area (Å²) in [7, 11) is 1.42. The summed E-state index contributed by atoms with van der Waals surface area (Å²) >= 11 is 0. The molecule has 36 heavy (non-hydrogen) atoms. The third-order valence-corrected chi connectivity index (χ3v) is 6.09. The number of benzene rings is 2. The second-order valence-electron chi connectivity index (χ2n) is 8.96. The molecule has 0 radical (unpaired) electrons. The molecule has 2 fully saturated rings. The van der Waals surface area contributed by atoms with Crippen LogP contribution in [0.3, 0.4) is 0 Å². The third-order valence-electron chi connectivity index (χ3n) is 6.09. The van der Waals surface area contributed by atoms with Crippen molar-refractivity contribution in [2.45, 2.75) is 50.3 Å². The van der Waals surface area contributed by atoms with E-state index in [0.717, 1.165) is 11.1 Å². The van der Waals surface area contributed by atoms with E-state index in [2.05, 4.69) is 13.2 Å². The number of carbonyl (C=O) groups is 2. The monoisotopic (exact) mass is 494 g/mol. The molecule has 2 aliphatic rings. The number of hydrogen-bond donors (Lipinski definition) is 0. The minimum atomic E-state index is -1.10. The average Bonchev–Trinajstić information content (AvgIpc) is 2.89. The molecule has 0 unspecified atom stereocenters. The van der Waals surface area contributed by atoms with Gasteiger partial charge in [0.1, 0.15) is 12.2 Å². The third kappa shape index (κ3) is 5.57. The lowest BCUT2D eigenvalue weighted by Crippen LogP contribution is -2.66. The number of rotatable bonds is 7. The number of ether oxygens (including phenoxy) is 6. The molecular weight excluding hydrogens is 464 g/mol. The van der Waals surface area contributed by atoms with Crippen molar-refractivity contribution in [1.82, 2.24) is 0 Å². The van der Waals surface area contributed by atoms with Crippen molar-refractivity contribution in [3.63, 3.8) is 0 Å². The fourth-order valence-corrected chi connectivity index (χ4v) is 4.14. The van der Waals surface area contributed by atoms with E-state index in [9.17, 15) is 9.59 Å². The van der Waals surface area contributed by atoms with Crippen LogP contribution in [0.25, 0.3) is 12.2 Å². The van der Waals surface area contributed by atoms with Gasteiger partial charge in [-0.1, -0.05) is 49.6 Å². The van der Waals surface area contributed by atoms with Crippen LogP contribution in [0, 0.1) is 0 Å². The second-order valence-corrected chi connectivity index (χ2v) is 8.96. The molecule has 8 heteroatoms. The van der Waals surface area contributed by atoms with Crippen LogP contribution in [0.15, 0.2) is 61.7 Å². The van der Waals surface area contributed by atoms with Gasteiger partial charge in [-0.05, 0) is 49.2 Å². The van der Waals surface area contributed by atoms with E-state index < -0.39 is 48.4 Å². The fraction of sp³-hybridized carbons (Fsp3) is 0.357. The first-order valence-electron chi connectivity index (χ1n) is 11.6. The van der Waals surface area contributed by atoms with Gasteiger partial charge in [-0.2, -0.15) is 0 Å². The maximum atomic E-state index is 13.1. The molecule has 5 atom stereocenters. The Hall–Kier alpha value is -3.30. The Kier molecular flexibility index (Phi) is 7.70. The molecule has 2 saturated heterocycles. The van der Waals surface area contributed by atoms with Gasteiger partial charge in [0.15, 0.2) is 24.3 Å². The van der Waals surface area contributed by atoms with Gasteiger partial charge < -0.3 is 28.4 Å². The Morgan fingerprint density at radius 3 is 1.86 bits per heavy atom. The van der Waals surface area contributed by atoms with Crippen molar-refractivity contribution in [3.8, 4) is 0 Å². The van der Waals surface area contributed by atoms with Crippen LogP contribution in [-0.2, 0) is 28.4 Å². The zero-order chi connectivity index (χ0) is 25.9. The molecule has 0 saturated carbocycles. The lowest BCUT2D eigenvalue weighted by atomic mass is 9.96. The summed E-state index contributed by atoms with van der Waals surface area (Å²) in [5.41, 5.74) is 2.36. The highest BCUT2D eigenvalue weighted by molar-refractivity contribution is 5.90. The van der Waals surface area contributed by atoms with Gasteiger partial charge >= 0.3 is 11.9 Å². The molecule has 8 nitrogen and oxygen atoms in total. The standard InChI is InChI=1S/C28H30O8/c1-6-17-8-12-19(13-9-17)25(29)34-23-22-21(16-32-28(3,4)36-22)33-27(31-5)24(23)35-26(30)20-14-10-18(7-2)11-15-20/h6-15,21-24,27H,1-2,16H2,3-5H3/t21-,22-,23+,24-,27+/m1/s1. The van der Waals surface area contributed by atoms with Crippen LogP contribution in [-0.4, -0.2) is 62.1 Å². The summed E-state index contributed by atoms with van der Waals surface area (Å²) in [4.78, 5) is 26.2. The zero-order valence-electron chi connectivity index (χ0n) is 20.5. The quantitative estimate of drug-likeness (QED) is 0.528. The van der Waals surface area contributed by atoms with E-state index in [0.29, 0.717) is 11.1 Å². The highest BCUT2D eigenvalue weighted by Crippen LogP contribution is 2.36. The van der Waals surface area contributed by atoms with E-state index in [1.54, 1.807) is 74.5 Å². The SMILES string of the molecule is C=Cc1ccc(C(=O)O[C@@H]2[C@@H](OC(=O)c3ccc(C=C)cc3)[C@@H](OC)O[C@@H]3COC(C)(C)O[C@@H]23)cc1. The molecule has 190 valence electrons. The molecule has 0 spiro atoms. The first kappa shape index (κ1) is 25.8. The van der Waals surface area contributed by atoms with Gasteiger partial charge in [-0.25, -0.2) is 9.59 Å². The minimum Gasteiger partial charge on any atom is -0.452 e. The molecule has 4 rings (SSSR count). The van der Waals surface area contributed by atoms with Gasteiger partial charge in [0.25, 0.3) is 0 Å². The Morgan fingerprint density at radius 2 is 1.39 bits per heavy atom. The molecular formula is C28H30O8. The van der Waals surface area contributed by atoms with Crippen LogP contribution in [0.1, 0.15) is 45.7 Å². The number of esters is 2. The van der Waals surface area contributed by atoms with Gasteiger partial charge in [-0.15, -0.1) is 0 Å². The predicted octanol–water partition coefficient (Wildman–Crippen LogP) is 4.25. The first-order chi connectivity index (χ1) is 17.2. The number of hydrogen-bond acceptors (Lipinski definition) is 8.